The molecule has 1 saturated heterocycles. The summed E-state index contributed by atoms with van der Waals surface area (Å²) >= 11 is 0. The van der Waals surface area contributed by atoms with Gasteiger partial charge in [0.25, 0.3) is 0 Å². The fourth-order valence-electron chi connectivity index (χ4n) is 3.65. The van der Waals surface area contributed by atoms with Crippen molar-refractivity contribution >= 4 is 16.8 Å². The Bertz CT molecular complexity index is 670. The summed E-state index contributed by atoms with van der Waals surface area (Å²) in [6, 6.07) is 3.62. The summed E-state index contributed by atoms with van der Waals surface area (Å²) in [6.45, 7) is 11.2. The van der Waals surface area contributed by atoms with Crippen molar-refractivity contribution in [3.63, 3.8) is 0 Å². The number of cyclic esters (lactones) is 1. The molecular weight excluding hydrogens is 322 g/mol. The Hall–Kier alpha value is -1.20. The Kier molecular flexibility index (Phi) is 4.85. The van der Waals surface area contributed by atoms with Crippen LogP contribution in [0.4, 0.5) is 0 Å². The number of nitrogens with zero attached hydrogens (tertiary/aromatic N) is 1. The highest BCUT2D eigenvalue weighted by Crippen LogP contribution is 2.30. The molecule has 1 unspecified atom stereocenters. The van der Waals surface area contributed by atoms with E-state index in [0.29, 0.717) is 23.8 Å². The van der Waals surface area contributed by atoms with Gasteiger partial charge in [0.15, 0.2) is 0 Å². The zero-order chi connectivity index (χ0) is 17.5. The molecule has 2 aliphatic heterocycles. The smallest absolute Gasteiger partial charge is 0.338 e. The molecule has 0 aliphatic carbocycles. The van der Waals surface area contributed by atoms with E-state index >= 15 is 0 Å². The molecule has 1 fully saturated rings. The number of carbonyl (C=O) groups is 1. The maximum absolute atomic E-state index is 12.9. The number of hydrogen-bond donors (Lipinski definition) is 0. The zero-order valence-electron chi connectivity index (χ0n) is 15.1. The van der Waals surface area contributed by atoms with Gasteiger partial charge in [-0.1, -0.05) is 0 Å². The first-order valence-corrected chi connectivity index (χ1v) is 10.0. The highest BCUT2D eigenvalue weighted by Gasteiger charge is 2.29. The fraction of sp³-hybridized carbons (Fsp3) is 0.632. The molecule has 5 heteroatoms. The van der Waals surface area contributed by atoms with Crippen LogP contribution in [0.2, 0.25) is 0 Å². The average Bonchev–Trinajstić information content (AvgIpc) is 2.89. The standard InChI is InChI=1S/C19H27NO3S/c1-13-16-11-23-18(21)15(16)5-6-17(13)24(22)12-14-7-9-20(10-8-14)19(2,3)4/h5-6,14H,7-12H2,1-4H3. The second kappa shape index (κ2) is 6.60. The summed E-state index contributed by atoms with van der Waals surface area (Å²) in [7, 11) is -1.01. The van der Waals surface area contributed by atoms with Crippen LogP contribution >= 0.6 is 0 Å². The molecule has 132 valence electrons. The molecule has 0 aromatic heterocycles. The van der Waals surface area contributed by atoms with E-state index in [9.17, 15) is 9.00 Å². The van der Waals surface area contributed by atoms with Crippen molar-refractivity contribution in [1.29, 1.82) is 0 Å². The van der Waals surface area contributed by atoms with Gasteiger partial charge in [-0.3, -0.25) is 9.11 Å². The van der Waals surface area contributed by atoms with E-state index < -0.39 is 10.8 Å². The van der Waals surface area contributed by atoms with Crippen LogP contribution in [0.1, 0.15) is 55.1 Å². The van der Waals surface area contributed by atoms with Crippen molar-refractivity contribution in [2.75, 3.05) is 18.8 Å². The number of piperidine rings is 1. The summed E-state index contributed by atoms with van der Waals surface area (Å²) in [5.41, 5.74) is 2.72. The number of rotatable bonds is 3. The number of likely N-dealkylation sites (tertiary alicyclic amines) is 1. The molecule has 0 N–H and O–H groups in total. The summed E-state index contributed by atoms with van der Waals surface area (Å²) in [5, 5.41) is 0. The number of ether oxygens (including phenoxy) is 1. The van der Waals surface area contributed by atoms with E-state index in [2.05, 4.69) is 25.7 Å². The van der Waals surface area contributed by atoms with Gasteiger partial charge in [0.1, 0.15) is 6.61 Å². The lowest BCUT2D eigenvalue weighted by Gasteiger charge is -2.40. The van der Waals surface area contributed by atoms with Gasteiger partial charge in [-0.25, -0.2) is 4.79 Å². The molecule has 0 amide bonds. The molecule has 2 heterocycles. The summed E-state index contributed by atoms with van der Waals surface area (Å²) in [5.74, 6) is 0.960. The maximum atomic E-state index is 12.9. The Morgan fingerprint density at radius 3 is 2.54 bits per heavy atom. The summed E-state index contributed by atoms with van der Waals surface area (Å²) in [4.78, 5) is 15.0. The van der Waals surface area contributed by atoms with E-state index in [0.717, 1.165) is 42.0 Å². The number of carbonyl (C=O) groups excluding carboxylic acids is 1. The second-order valence-corrected chi connectivity index (χ2v) is 9.37. The largest absolute Gasteiger partial charge is 0.457 e. The van der Waals surface area contributed by atoms with Crippen molar-refractivity contribution in [3.05, 3.63) is 28.8 Å². The quantitative estimate of drug-likeness (QED) is 0.786. The molecule has 1 atom stereocenters. The Labute approximate surface area is 147 Å². The minimum Gasteiger partial charge on any atom is -0.457 e. The van der Waals surface area contributed by atoms with Gasteiger partial charge >= 0.3 is 5.97 Å². The van der Waals surface area contributed by atoms with Gasteiger partial charge in [0.2, 0.25) is 0 Å². The summed E-state index contributed by atoms with van der Waals surface area (Å²) in [6.07, 6.45) is 2.21. The lowest BCUT2D eigenvalue weighted by Crippen LogP contribution is -2.46. The molecule has 1 aromatic carbocycles. The van der Waals surface area contributed by atoms with Crippen molar-refractivity contribution in [3.8, 4) is 0 Å². The number of esters is 1. The molecule has 2 aliphatic rings. The zero-order valence-corrected chi connectivity index (χ0v) is 15.9. The van der Waals surface area contributed by atoms with Crippen molar-refractivity contribution < 1.29 is 13.7 Å². The van der Waals surface area contributed by atoms with Gasteiger partial charge < -0.3 is 4.74 Å². The van der Waals surface area contributed by atoms with Crippen LogP contribution in [-0.4, -0.2) is 39.5 Å². The van der Waals surface area contributed by atoms with Crippen LogP contribution in [0.15, 0.2) is 17.0 Å². The number of fused-ring (bicyclic) bond motifs is 1. The van der Waals surface area contributed by atoms with Crippen LogP contribution in [0.25, 0.3) is 0 Å². The lowest BCUT2D eigenvalue weighted by molar-refractivity contribution is 0.0535. The predicted octanol–water partition coefficient (Wildman–Crippen LogP) is 3.28. The summed E-state index contributed by atoms with van der Waals surface area (Å²) < 4.78 is 18.0. The van der Waals surface area contributed by atoms with Crippen molar-refractivity contribution in [1.82, 2.24) is 4.90 Å². The molecule has 0 spiro atoms. The first-order valence-electron chi connectivity index (χ1n) is 8.70. The number of hydrogen-bond acceptors (Lipinski definition) is 4. The second-order valence-electron chi connectivity index (χ2n) is 7.90. The Morgan fingerprint density at radius 2 is 1.92 bits per heavy atom. The third-order valence-electron chi connectivity index (χ3n) is 5.31. The molecule has 1 aromatic rings. The highest BCUT2D eigenvalue weighted by molar-refractivity contribution is 7.85. The maximum Gasteiger partial charge on any atom is 0.338 e. The van der Waals surface area contributed by atoms with Crippen LogP contribution in [0.5, 0.6) is 0 Å². The van der Waals surface area contributed by atoms with Gasteiger partial charge in [-0.2, -0.15) is 0 Å². The highest BCUT2D eigenvalue weighted by atomic mass is 32.2. The van der Waals surface area contributed by atoms with Crippen molar-refractivity contribution in [2.24, 2.45) is 5.92 Å². The van der Waals surface area contributed by atoms with Gasteiger partial charge in [-0.05, 0) is 77.2 Å². The molecule has 4 nitrogen and oxygen atoms in total. The first kappa shape index (κ1) is 17.6. The topological polar surface area (TPSA) is 46.6 Å². The number of benzene rings is 1. The first-order chi connectivity index (χ1) is 11.3. The van der Waals surface area contributed by atoms with Crippen LogP contribution in [-0.2, 0) is 22.1 Å². The molecule has 0 radical (unpaired) electrons. The minimum atomic E-state index is -1.01. The molecule has 0 bridgehead atoms. The molecule has 24 heavy (non-hydrogen) atoms. The minimum absolute atomic E-state index is 0.216. The molecule has 0 saturated carbocycles. The monoisotopic (exact) mass is 349 g/mol. The van der Waals surface area contributed by atoms with Crippen LogP contribution < -0.4 is 0 Å². The van der Waals surface area contributed by atoms with Gasteiger partial charge in [-0.15, -0.1) is 0 Å². The van der Waals surface area contributed by atoms with Gasteiger partial charge in [0.05, 0.1) is 16.4 Å². The van der Waals surface area contributed by atoms with Gasteiger partial charge in [0, 0.05) is 21.8 Å². The fourth-order valence-corrected chi connectivity index (χ4v) is 5.27. The SMILES string of the molecule is Cc1c(S(=O)CC2CCN(C(C)(C)C)CC2)ccc2c1COC2=O. The van der Waals surface area contributed by atoms with Crippen LogP contribution in [0.3, 0.4) is 0 Å². The normalized spacial score (nSPS) is 20.8. The third kappa shape index (κ3) is 3.42. The average molecular weight is 349 g/mol. The van der Waals surface area contributed by atoms with E-state index in [-0.39, 0.29) is 11.5 Å². The van der Waals surface area contributed by atoms with E-state index in [1.54, 1.807) is 6.07 Å². The van der Waals surface area contributed by atoms with Crippen LogP contribution in [0, 0.1) is 12.8 Å². The third-order valence-corrected chi connectivity index (χ3v) is 7.02. The Balaban J connectivity index is 1.66. The Morgan fingerprint density at radius 1 is 1.25 bits per heavy atom. The van der Waals surface area contributed by atoms with E-state index in [1.165, 1.54) is 0 Å². The molecule has 3 rings (SSSR count). The lowest BCUT2D eigenvalue weighted by atomic mass is 9.94. The van der Waals surface area contributed by atoms with E-state index in [1.807, 2.05) is 13.0 Å². The van der Waals surface area contributed by atoms with E-state index in [4.69, 9.17) is 4.74 Å². The van der Waals surface area contributed by atoms with Crippen molar-refractivity contribution in [2.45, 2.75) is 57.6 Å². The predicted molar refractivity (Wildman–Crippen MR) is 95.6 cm³/mol. The molecular formula is C19H27NO3S.